The summed E-state index contributed by atoms with van der Waals surface area (Å²) in [6.07, 6.45) is 0. The van der Waals surface area contributed by atoms with Crippen molar-refractivity contribution in [2.24, 2.45) is 0 Å². The van der Waals surface area contributed by atoms with E-state index in [1.807, 2.05) is 60.7 Å². The van der Waals surface area contributed by atoms with Gasteiger partial charge in [-0.25, -0.2) is 9.97 Å². The molecule has 0 aliphatic heterocycles. The number of hydrogen-bond acceptors (Lipinski definition) is 5. The topological polar surface area (TPSA) is 75.6 Å². The lowest BCUT2D eigenvalue weighted by Gasteiger charge is -2.10. The Kier molecular flexibility index (Phi) is 5.29. The molecule has 0 saturated heterocycles. The van der Waals surface area contributed by atoms with Crippen molar-refractivity contribution in [1.29, 1.82) is 5.26 Å². The number of nitrogens with two attached hydrogens (primary N) is 1. The van der Waals surface area contributed by atoms with Gasteiger partial charge in [0.2, 0.25) is 0 Å². The molecule has 0 aliphatic rings. The van der Waals surface area contributed by atoms with Gasteiger partial charge >= 0.3 is 0 Å². The van der Waals surface area contributed by atoms with Gasteiger partial charge in [-0.15, -0.1) is 11.3 Å². The molecule has 6 heteroatoms. The number of rotatable bonds is 3. The van der Waals surface area contributed by atoms with Crippen molar-refractivity contribution in [3.8, 4) is 39.6 Å². The van der Waals surface area contributed by atoms with Crippen LogP contribution in [0.1, 0.15) is 5.56 Å². The van der Waals surface area contributed by atoms with Crippen molar-refractivity contribution < 1.29 is 0 Å². The molecule has 0 aliphatic carbocycles. The molecule has 3 aromatic carbocycles. The maximum atomic E-state index is 9.98. The van der Waals surface area contributed by atoms with Gasteiger partial charge in [-0.2, -0.15) is 5.26 Å². The van der Waals surface area contributed by atoms with Crippen LogP contribution < -0.4 is 5.73 Å². The molecular formula is C29H17BrN4S. The molecule has 0 spiro atoms. The summed E-state index contributed by atoms with van der Waals surface area (Å²) in [5, 5.41) is 10.9. The van der Waals surface area contributed by atoms with E-state index in [4.69, 9.17) is 15.7 Å². The van der Waals surface area contributed by atoms with Gasteiger partial charge in [-0.05, 0) is 34.9 Å². The van der Waals surface area contributed by atoms with Crippen LogP contribution in [0.25, 0.3) is 53.9 Å². The highest BCUT2D eigenvalue weighted by Gasteiger charge is 2.22. The fourth-order valence-electron chi connectivity index (χ4n) is 4.38. The Balaban J connectivity index is 1.76. The summed E-state index contributed by atoms with van der Waals surface area (Å²) in [5.74, 6) is 0.226. The van der Waals surface area contributed by atoms with E-state index >= 15 is 0 Å². The van der Waals surface area contributed by atoms with Crippen molar-refractivity contribution in [3.05, 3.63) is 101 Å². The number of nitriles is 1. The first-order valence-electron chi connectivity index (χ1n) is 11.0. The largest absolute Gasteiger partial charge is 0.383 e. The Bertz CT molecular complexity index is 1750. The number of nitrogen functional groups attached to an aromatic ring is 1. The zero-order chi connectivity index (χ0) is 23.9. The predicted octanol–water partition coefficient (Wildman–Crippen LogP) is 8.06. The lowest BCUT2D eigenvalue weighted by atomic mass is 9.97. The summed E-state index contributed by atoms with van der Waals surface area (Å²) in [5.41, 5.74) is 13.3. The van der Waals surface area contributed by atoms with Crippen molar-refractivity contribution in [3.63, 3.8) is 0 Å². The minimum atomic E-state index is 0.226. The molecule has 2 N–H and O–H groups in total. The van der Waals surface area contributed by atoms with Crippen molar-refractivity contribution in [2.75, 3.05) is 5.73 Å². The number of benzene rings is 3. The highest BCUT2D eigenvalue weighted by atomic mass is 79.9. The molecule has 0 radical (unpaired) electrons. The minimum Gasteiger partial charge on any atom is -0.383 e. The summed E-state index contributed by atoms with van der Waals surface area (Å²) in [6, 6.07) is 32.7. The third kappa shape index (κ3) is 3.66. The Morgan fingerprint density at radius 3 is 2.11 bits per heavy atom. The second-order valence-corrected chi connectivity index (χ2v) is 10.0. The van der Waals surface area contributed by atoms with E-state index in [-0.39, 0.29) is 5.82 Å². The summed E-state index contributed by atoms with van der Waals surface area (Å²) >= 11 is 5.05. The quantitative estimate of drug-likeness (QED) is 0.250. The van der Waals surface area contributed by atoms with Crippen molar-refractivity contribution in [1.82, 2.24) is 9.97 Å². The second-order valence-electron chi connectivity index (χ2n) is 8.11. The van der Waals surface area contributed by atoms with Gasteiger partial charge in [0.15, 0.2) is 0 Å². The number of nitrogens with zero attached hydrogens (tertiary/aromatic N) is 3. The van der Waals surface area contributed by atoms with Gasteiger partial charge in [0.25, 0.3) is 0 Å². The lowest BCUT2D eigenvalue weighted by molar-refractivity contribution is 1.38. The van der Waals surface area contributed by atoms with E-state index in [2.05, 4.69) is 52.3 Å². The summed E-state index contributed by atoms with van der Waals surface area (Å²) in [6.45, 7) is 0. The lowest BCUT2D eigenvalue weighted by Crippen LogP contribution is -1.98. The van der Waals surface area contributed by atoms with Gasteiger partial charge in [0.1, 0.15) is 22.3 Å². The van der Waals surface area contributed by atoms with Crippen LogP contribution in [0.2, 0.25) is 0 Å². The Labute approximate surface area is 214 Å². The predicted molar refractivity (Wildman–Crippen MR) is 148 cm³/mol. The monoisotopic (exact) mass is 532 g/mol. The average molecular weight is 533 g/mol. The highest BCUT2D eigenvalue weighted by molar-refractivity contribution is 9.10. The molecular weight excluding hydrogens is 516 g/mol. The normalized spacial score (nSPS) is 11.1. The third-order valence-electron chi connectivity index (χ3n) is 6.00. The SMILES string of the molecule is N#Cc1c(N)nc2c(sc3nc(-c4ccccc4)cc(-c4ccccc4)c32)c1-c1ccc(Br)cc1. The smallest absolute Gasteiger partial charge is 0.142 e. The number of aromatic nitrogens is 2. The van der Waals surface area contributed by atoms with Gasteiger partial charge in [-0.1, -0.05) is 88.7 Å². The molecule has 0 fully saturated rings. The zero-order valence-corrected chi connectivity index (χ0v) is 20.8. The van der Waals surface area contributed by atoms with Crippen LogP contribution in [0.5, 0.6) is 0 Å². The maximum absolute atomic E-state index is 9.98. The van der Waals surface area contributed by atoms with Crippen molar-refractivity contribution >= 4 is 53.5 Å². The van der Waals surface area contributed by atoms with Gasteiger partial charge < -0.3 is 5.73 Å². The Hall–Kier alpha value is -4.05. The summed E-state index contributed by atoms with van der Waals surface area (Å²) < 4.78 is 1.87. The Morgan fingerprint density at radius 1 is 0.800 bits per heavy atom. The molecule has 0 amide bonds. The average Bonchev–Trinajstić information content (AvgIpc) is 3.27. The zero-order valence-electron chi connectivity index (χ0n) is 18.4. The molecule has 0 saturated carbocycles. The van der Waals surface area contributed by atoms with Crippen LogP contribution in [0.3, 0.4) is 0 Å². The maximum Gasteiger partial charge on any atom is 0.142 e. The van der Waals surface area contributed by atoms with Crippen LogP contribution in [0, 0.1) is 11.3 Å². The Morgan fingerprint density at radius 2 is 1.46 bits per heavy atom. The van der Waals surface area contributed by atoms with E-state index in [9.17, 15) is 5.26 Å². The van der Waals surface area contributed by atoms with Crippen LogP contribution in [-0.2, 0) is 0 Å². The molecule has 35 heavy (non-hydrogen) atoms. The number of hydrogen-bond donors (Lipinski definition) is 1. The summed E-state index contributed by atoms with van der Waals surface area (Å²) in [7, 11) is 0. The van der Waals surface area contributed by atoms with E-state index in [0.717, 1.165) is 58.4 Å². The number of fused-ring (bicyclic) bond motifs is 3. The van der Waals surface area contributed by atoms with E-state index in [0.29, 0.717) is 5.56 Å². The number of pyridine rings is 2. The van der Waals surface area contributed by atoms with Crippen LogP contribution in [0.15, 0.2) is 95.5 Å². The molecule has 0 unspecified atom stereocenters. The molecule has 6 rings (SSSR count). The second kappa shape index (κ2) is 8.62. The third-order valence-corrected chi connectivity index (χ3v) is 7.62. The van der Waals surface area contributed by atoms with Gasteiger partial charge in [0, 0.05) is 21.0 Å². The van der Waals surface area contributed by atoms with E-state index in [1.165, 1.54) is 0 Å². The fraction of sp³-hybridized carbons (Fsp3) is 0. The van der Waals surface area contributed by atoms with Crippen molar-refractivity contribution in [2.45, 2.75) is 0 Å². The number of anilines is 1. The molecule has 0 atom stereocenters. The standard InChI is InChI=1S/C29H17BrN4S/c30-20-13-11-19(12-14-20)24-22(16-31)28(32)34-26-25-21(17-7-3-1-4-8-17)15-23(18-9-5-2-6-10-18)33-29(25)35-27(24)26/h1-15H,(H2,32,34). The molecule has 0 bridgehead atoms. The molecule has 3 heterocycles. The van der Waals surface area contributed by atoms with Crippen LogP contribution in [-0.4, -0.2) is 9.97 Å². The number of halogens is 1. The van der Waals surface area contributed by atoms with Crippen LogP contribution >= 0.6 is 27.3 Å². The molecule has 3 aromatic heterocycles. The number of thiophene rings is 1. The van der Waals surface area contributed by atoms with Gasteiger partial charge in [-0.3, -0.25) is 0 Å². The fourth-order valence-corrected chi connectivity index (χ4v) is 5.86. The first kappa shape index (κ1) is 21.5. The van der Waals surface area contributed by atoms with Crippen LogP contribution in [0.4, 0.5) is 5.82 Å². The summed E-state index contributed by atoms with van der Waals surface area (Å²) in [4.78, 5) is 10.7. The molecule has 4 nitrogen and oxygen atoms in total. The molecule has 6 aromatic rings. The molecule has 166 valence electrons. The minimum absolute atomic E-state index is 0.226. The van der Waals surface area contributed by atoms with E-state index < -0.39 is 0 Å². The van der Waals surface area contributed by atoms with Gasteiger partial charge in [0.05, 0.1) is 15.9 Å². The van der Waals surface area contributed by atoms with E-state index in [1.54, 1.807) is 11.3 Å². The highest BCUT2D eigenvalue weighted by Crippen LogP contribution is 2.45. The first-order chi connectivity index (χ1) is 17.1. The first-order valence-corrected chi connectivity index (χ1v) is 12.6.